The summed E-state index contributed by atoms with van der Waals surface area (Å²) in [7, 11) is 0. The number of aliphatic hydroxyl groups is 1. The molecule has 2 amide bonds. The van der Waals surface area contributed by atoms with Crippen LogP contribution in [0.3, 0.4) is 0 Å². The molecule has 0 aromatic heterocycles. The molecule has 4 atom stereocenters. The SMILES string of the molecule is O=C1C2CCCCC2C(=O)N1CC1CCCC1CO. The summed E-state index contributed by atoms with van der Waals surface area (Å²) in [4.78, 5) is 26.3. The van der Waals surface area contributed by atoms with Crippen LogP contribution in [0.1, 0.15) is 44.9 Å². The topological polar surface area (TPSA) is 57.6 Å². The van der Waals surface area contributed by atoms with Gasteiger partial charge in [-0.15, -0.1) is 0 Å². The number of hydrogen-bond donors (Lipinski definition) is 1. The van der Waals surface area contributed by atoms with Gasteiger partial charge in [0.25, 0.3) is 0 Å². The number of hydrogen-bond acceptors (Lipinski definition) is 3. The van der Waals surface area contributed by atoms with Crippen LogP contribution < -0.4 is 0 Å². The zero-order valence-corrected chi connectivity index (χ0v) is 11.4. The van der Waals surface area contributed by atoms with E-state index in [0.29, 0.717) is 12.5 Å². The summed E-state index contributed by atoms with van der Waals surface area (Å²) in [6.45, 7) is 0.740. The maximum Gasteiger partial charge on any atom is 0.233 e. The van der Waals surface area contributed by atoms with Gasteiger partial charge in [0, 0.05) is 13.2 Å². The fourth-order valence-corrected chi connectivity index (χ4v) is 4.24. The lowest BCUT2D eigenvalue weighted by Crippen LogP contribution is -2.37. The van der Waals surface area contributed by atoms with Crippen molar-refractivity contribution in [3.05, 3.63) is 0 Å². The van der Waals surface area contributed by atoms with Gasteiger partial charge in [-0.3, -0.25) is 14.5 Å². The van der Waals surface area contributed by atoms with E-state index in [4.69, 9.17) is 0 Å². The number of rotatable bonds is 3. The van der Waals surface area contributed by atoms with Gasteiger partial charge in [0.05, 0.1) is 11.8 Å². The monoisotopic (exact) mass is 265 g/mol. The molecule has 1 aliphatic heterocycles. The van der Waals surface area contributed by atoms with Crippen molar-refractivity contribution < 1.29 is 14.7 Å². The molecule has 3 rings (SSSR count). The van der Waals surface area contributed by atoms with Crippen molar-refractivity contribution in [3.63, 3.8) is 0 Å². The largest absolute Gasteiger partial charge is 0.396 e. The Morgan fingerprint density at radius 1 is 0.895 bits per heavy atom. The van der Waals surface area contributed by atoms with Crippen molar-refractivity contribution in [2.45, 2.75) is 44.9 Å². The van der Waals surface area contributed by atoms with Crippen LogP contribution in [-0.4, -0.2) is 35.0 Å². The van der Waals surface area contributed by atoms with Crippen LogP contribution in [0, 0.1) is 23.7 Å². The van der Waals surface area contributed by atoms with Gasteiger partial charge in [-0.25, -0.2) is 0 Å². The zero-order valence-electron chi connectivity index (χ0n) is 11.4. The van der Waals surface area contributed by atoms with Crippen LogP contribution in [0.2, 0.25) is 0 Å². The van der Waals surface area contributed by atoms with Crippen molar-refractivity contribution in [2.24, 2.45) is 23.7 Å². The Bertz CT molecular complexity index is 358. The maximum atomic E-state index is 12.4. The third kappa shape index (κ3) is 2.20. The van der Waals surface area contributed by atoms with Gasteiger partial charge in [-0.05, 0) is 37.5 Å². The molecule has 4 unspecified atom stereocenters. The molecule has 4 heteroatoms. The lowest BCUT2D eigenvalue weighted by atomic mass is 9.81. The summed E-state index contributed by atoms with van der Waals surface area (Å²) < 4.78 is 0. The minimum absolute atomic E-state index is 0.0322. The van der Waals surface area contributed by atoms with E-state index < -0.39 is 0 Å². The minimum Gasteiger partial charge on any atom is -0.396 e. The Hall–Kier alpha value is -0.900. The van der Waals surface area contributed by atoms with E-state index in [1.54, 1.807) is 0 Å². The lowest BCUT2D eigenvalue weighted by Gasteiger charge is -2.23. The highest BCUT2D eigenvalue weighted by atomic mass is 16.3. The molecule has 1 saturated heterocycles. The fourth-order valence-electron chi connectivity index (χ4n) is 4.24. The van der Waals surface area contributed by atoms with Crippen LogP contribution in [0.25, 0.3) is 0 Å². The number of imide groups is 1. The molecule has 0 aromatic rings. The van der Waals surface area contributed by atoms with Crippen molar-refractivity contribution >= 4 is 11.8 Å². The number of carbonyl (C=O) groups excluding carboxylic acids is 2. The predicted octanol–water partition coefficient (Wildman–Crippen LogP) is 1.57. The van der Waals surface area contributed by atoms with Crippen LogP contribution >= 0.6 is 0 Å². The Labute approximate surface area is 114 Å². The van der Waals surface area contributed by atoms with E-state index in [0.717, 1.165) is 44.9 Å². The summed E-state index contributed by atoms with van der Waals surface area (Å²) in [6, 6.07) is 0. The molecule has 2 aliphatic carbocycles. The van der Waals surface area contributed by atoms with Crippen molar-refractivity contribution in [3.8, 4) is 0 Å². The summed E-state index contributed by atoms with van der Waals surface area (Å²) >= 11 is 0. The molecular weight excluding hydrogens is 242 g/mol. The summed E-state index contributed by atoms with van der Waals surface area (Å²) in [6.07, 6.45) is 7.12. The minimum atomic E-state index is -0.0322. The lowest BCUT2D eigenvalue weighted by molar-refractivity contribution is -0.140. The summed E-state index contributed by atoms with van der Waals surface area (Å²) in [5.74, 6) is 0.670. The van der Waals surface area contributed by atoms with E-state index in [2.05, 4.69) is 0 Å². The molecule has 2 saturated carbocycles. The standard InChI is InChI=1S/C15H23NO3/c17-9-11-5-3-4-10(11)8-16-14(18)12-6-1-2-7-13(12)15(16)19/h10-13,17H,1-9H2. The van der Waals surface area contributed by atoms with Crippen LogP contribution in [-0.2, 0) is 9.59 Å². The second-order valence-electron chi connectivity index (χ2n) is 6.42. The third-order valence-electron chi connectivity index (χ3n) is 5.40. The molecule has 0 radical (unpaired) electrons. The highest BCUT2D eigenvalue weighted by Crippen LogP contribution is 2.40. The molecule has 1 N–H and O–H groups in total. The van der Waals surface area contributed by atoms with Gasteiger partial charge < -0.3 is 5.11 Å². The molecule has 3 fully saturated rings. The van der Waals surface area contributed by atoms with Gasteiger partial charge in [0.1, 0.15) is 0 Å². The van der Waals surface area contributed by atoms with E-state index >= 15 is 0 Å². The number of fused-ring (bicyclic) bond motifs is 1. The van der Waals surface area contributed by atoms with E-state index in [1.807, 2.05) is 0 Å². The smallest absolute Gasteiger partial charge is 0.233 e. The quantitative estimate of drug-likeness (QED) is 0.788. The van der Waals surface area contributed by atoms with E-state index in [1.165, 1.54) is 4.90 Å². The second kappa shape index (κ2) is 5.23. The normalized spacial score (nSPS) is 38.9. The fraction of sp³-hybridized carbons (Fsp3) is 0.867. The first-order valence-electron chi connectivity index (χ1n) is 7.68. The van der Waals surface area contributed by atoms with Crippen molar-refractivity contribution in [1.82, 2.24) is 4.90 Å². The van der Waals surface area contributed by atoms with Gasteiger partial charge >= 0.3 is 0 Å². The average molecular weight is 265 g/mol. The highest BCUT2D eigenvalue weighted by Gasteiger charge is 2.48. The number of likely N-dealkylation sites (tertiary alicyclic amines) is 1. The third-order valence-corrected chi connectivity index (χ3v) is 5.40. The zero-order chi connectivity index (χ0) is 13.4. The molecule has 0 aromatic carbocycles. The average Bonchev–Trinajstić information content (AvgIpc) is 2.98. The Balaban J connectivity index is 1.70. The molecular formula is C15H23NO3. The van der Waals surface area contributed by atoms with Crippen molar-refractivity contribution in [1.29, 1.82) is 0 Å². The van der Waals surface area contributed by atoms with Gasteiger partial charge in [0.2, 0.25) is 11.8 Å². The van der Waals surface area contributed by atoms with Gasteiger partial charge in [0.15, 0.2) is 0 Å². The molecule has 0 bridgehead atoms. The molecule has 19 heavy (non-hydrogen) atoms. The Morgan fingerprint density at radius 3 is 2.05 bits per heavy atom. The number of nitrogens with zero attached hydrogens (tertiary/aromatic N) is 1. The predicted molar refractivity (Wildman–Crippen MR) is 70.1 cm³/mol. The first-order chi connectivity index (χ1) is 9.22. The van der Waals surface area contributed by atoms with Gasteiger partial charge in [-0.1, -0.05) is 19.3 Å². The van der Waals surface area contributed by atoms with E-state index in [9.17, 15) is 14.7 Å². The molecule has 3 aliphatic rings. The Kier molecular flexibility index (Phi) is 3.61. The second-order valence-corrected chi connectivity index (χ2v) is 6.42. The number of amides is 2. The van der Waals surface area contributed by atoms with Crippen LogP contribution in [0.15, 0.2) is 0 Å². The molecule has 106 valence electrons. The number of aliphatic hydroxyl groups excluding tert-OH is 1. The highest BCUT2D eigenvalue weighted by molar-refractivity contribution is 6.05. The van der Waals surface area contributed by atoms with Crippen LogP contribution in [0.4, 0.5) is 0 Å². The maximum absolute atomic E-state index is 12.4. The molecule has 1 heterocycles. The van der Waals surface area contributed by atoms with Gasteiger partial charge in [-0.2, -0.15) is 0 Å². The summed E-state index contributed by atoms with van der Waals surface area (Å²) in [5.41, 5.74) is 0. The summed E-state index contributed by atoms with van der Waals surface area (Å²) in [5, 5.41) is 9.36. The molecule has 0 spiro atoms. The number of carbonyl (C=O) groups is 2. The van der Waals surface area contributed by atoms with Crippen molar-refractivity contribution in [2.75, 3.05) is 13.2 Å². The van der Waals surface area contributed by atoms with Crippen LogP contribution in [0.5, 0.6) is 0 Å². The first-order valence-corrected chi connectivity index (χ1v) is 7.68. The first kappa shape index (κ1) is 13.1. The molecule has 4 nitrogen and oxygen atoms in total. The van der Waals surface area contributed by atoms with E-state index in [-0.39, 0.29) is 36.2 Å². The Morgan fingerprint density at radius 2 is 1.47 bits per heavy atom.